The highest BCUT2D eigenvalue weighted by atomic mass is 32.2. The van der Waals surface area contributed by atoms with Crippen LogP contribution in [0.25, 0.3) is 0 Å². The molecule has 0 aliphatic rings. The van der Waals surface area contributed by atoms with Gasteiger partial charge in [-0.2, -0.15) is 0 Å². The molecule has 0 fully saturated rings. The Hall–Kier alpha value is -1.00. The monoisotopic (exact) mass is 224 g/mol. The van der Waals surface area contributed by atoms with Crippen molar-refractivity contribution >= 4 is 23.4 Å². The summed E-state index contributed by atoms with van der Waals surface area (Å²) in [5.41, 5.74) is 6.33. The van der Waals surface area contributed by atoms with E-state index in [1.54, 1.807) is 18.7 Å². The van der Waals surface area contributed by atoms with Gasteiger partial charge >= 0.3 is 0 Å². The zero-order valence-electron chi connectivity index (χ0n) is 8.99. The van der Waals surface area contributed by atoms with E-state index in [2.05, 4.69) is 12.2 Å². The Morgan fingerprint density at radius 2 is 2.20 bits per heavy atom. The van der Waals surface area contributed by atoms with E-state index < -0.39 is 6.04 Å². The fourth-order valence-corrected chi connectivity index (χ4v) is 1.86. The number of amides is 1. The lowest BCUT2D eigenvalue weighted by Crippen LogP contribution is -2.32. The Bertz CT molecular complexity index is 339. The lowest BCUT2D eigenvalue weighted by atomic mass is 10.3. The van der Waals surface area contributed by atoms with Gasteiger partial charge in [0, 0.05) is 4.90 Å². The van der Waals surface area contributed by atoms with Crippen molar-refractivity contribution in [1.82, 2.24) is 0 Å². The first kappa shape index (κ1) is 12.1. The number of thioether (sulfide) groups is 1. The Morgan fingerprint density at radius 3 is 2.80 bits per heavy atom. The van der Waals surface area contributed by atoms with Gasteiger partial charge in [0.1, 0.15) is 0 Å². The van der Waals surface area contributed by atoms with E-state index in [-0.39, 0.29) is 5.91 Å². The first-order chi connectivity index (χ1) is 7.15. The zero-order chi connectivity index (χ0) is 11.3. The molecule has 0 saturated heterocycles. The molecule has 4 heteroatoms. The molecule has 0 aromatic heterocycles. The predicted molar refractivity (Wildman–Crippen MR) is 65.1 cm³/mol. The minimum Gasteiger partial charge on any atom is -0.324 e. The number of nitrogens with two attached hydrogens (primary N) is 1. The smallest absolute Gasteiger partial charge is 0.241 e. The fraction of sp³-hybridized carbons (Fsp3) is 0.364. The largest absolute Gasteiger partial charge is 0.324 e. The Labute approximate surface area is 94.4 Å². The van der Waals surface area contributed by atoms with E-state index in [0.29, 0.717) is 0 Å². The van der Waals surface area contributed by atoms with Gasteiger partial charge in [-0.1, -0.05) is 19.1 Å². The molecule has 0 heterocycles. The molecule has 0 spiro atoms. The maximum atomic E-state index is 11.4. The number of anilines is 1. The second kappa shape index (κ2) is 5.78. The molecular weight excluding hydrogens is 208 g/mol. The van der Waals surface area contributed by atoms with E-state index >= 15 is 0 Å². The Morgan fingerprint density at radius 1 is 1.53 bits per heavy atom. The van der Waals surface area contributed by atoms with Crippen molar-refractivity contribution in [3.05, 3.63) is 24.3 Å². The molecule has 0 aliphatic heterocycles. The standard InChI is InChI=1S/C11H16N2OS/c1-3-15-10-7-5-4-6-9(10)13-11(14)8(2)12/h4-8H,3,12H2,1-2H3,(H,13,14)/t8-/m1/s1. The summed E-state index contributed by atoms with van der Waals surface area (Å²) in [5, 5.41) is 2.81. The van der Waals surface area contributed by atoms with Crippen LogP contribution in [0.3, 0.4) is 0 Å². The number of rotatable bonds is 4. The highest BCUT2D eigenvalue weighted by Gasteiger charge is 2.09. The Kier molecular flexibility index (Phi) is 4.65. The van der Waals surface area contributed by atoms with Crippen LogP contribution in [0.5, 0.6) is 0 Å². The summed E-state index contributed by atoms with van der Waals surface area (Å²) in [6.07, 6.45) is 0. The van der Waals surface area contributed by atoms with Crippen molar-refractivity contribution in [3.63, 3.8) is 0 Å². The van der Waals surface area contributed by atoms with E-state index in [1.165, 1.54) is 0 Å². The van der Waals surface area contributed by atoms with Gasteiger partial charge in [-0.15, -0.1) is 11.8 Å². The van der Waals surface area contributed by atoms with Crippen LogP contribution in [-0.2, 0) is 4.79 Å². The second-order valence-electron chi connectivity index (χ2n) is 3.21. The lowest BCUT2D eigenvalue weighted by Gasteiger charge is -2.11. The van der Waals surface area contributed by atoms with Gasteiger partial charge < -0.3 is 11.1 Å². The predicted octanol–water partition coefficient (Wildman–Crippen LogP) is 2.08. The topological polar surface area (TPSA) is 55.1 Å². The minimum atomic E-state index is -0.482. The summed E-state index contributed by atoms with van der Waals surface area (Å²) in [4.78, 5) is 12.5. The average Bonchev–Trinajstić information content (AvgIpc) is 2.21. The molecule has 1 rings (SSSR count). The summed E-state index contributed by atoms with van der Waals surface area (Å²) < 4.78 is 0. The quantitative estimate of drug-likeness (QED) is 0.770. The molecule has 82 valence electrons. The molecule has 0 aliphatic carbocycles. The normalized spacial score (nSPS) is 12.2. The van der Waals surface area contributed by atoms with Gasteiger partial charge in [-0.25, -0.2) is 0 Å². The van der Waals surface area contributed by atoms with Gasteiger partial charge in [0.2, 0.25) is 5.91 Å². The van der Waals surface area contributed by atoms with Crippen LogP contribution in [-0.4, -0.2) is 17.7 Å². The van der Waals surface area contributed by atoms with Crippen LogP contribution in [0.4, 0.5) is 5.69 Å². The van der Waals surface area contributed by atoms with Crippen molar-refractivity contribution in [2.45, 2.75) is 24.8 Å². The molecule has 3 nitrogen and oxygen atoms in total. The molecule has 1 amide bonds. The number of benzene rings is 1. The SMILES string of the molecule is CCSc1ccccc1NC(=O)[C@@H](C)N. The van der Waals surface area contributed by atoms with Crippen molar-refractivity contribution < 1.29 is 4.79 Å². The van der Waals surface area contributed by atoms with Crippen LogP contribution < -0.4 is 11.1 Å². The minimum absolute atomic E-state index is 0.154. The van der Waals surface area contributed by atoms with Crippen molar-refractivity contribution in [2.75, 3.05) is 11.1 Å². The van der Waals surface area contributed by atoms with E-state index in [0.717, 1.165) is 16.3 Å². The van der Waals surface area contributed by atoms with Gasteiger partial charge in [0.05, 0.1) is 11.7 Å². The van der Waals surface area contributed by atoms with Gasteiger partial charge in [-0.3, -0.25) is 4.79 Å². The van der Waals surface area contributed by atoms with E-state index in [9.17, 15) is 4.79 Å². The van der Waals surface area contributed by atoms with Gasteiger partial charge in [0.25, 0.3) is 0 Å². The third-order valence-corrected chi connectivity index (χ3v) is 2.81. The van der Waals surface area contributed by atoms with Crippen LogP contribution in [0, 0.1) is 0 Å². The summed E-state index contributed by atoms with van der Waals surface area (Å²) in [5.74, 6) is 0.824. The van der Waals surface area contributed by atoms with E-state index in [1.807, 2.05) is 24.3 Å². The van der Waals surface area contributed by atoms with Crippen LogP contribution in [0.1, 0.15) is 13.8 Å². The number of hydrogen-bond donors (Lipinski definition) is 2. The second-order valence-corrected chi connectivity index (χ2v) is 4.51. The van der Waals surface area contributed by atoms with Gasteiger partial charge in [-0.05, 0) is 24.8 Å². The molecule has 3 N–H and O–H groups in total. The molecule has 0 radical (unpaired) electrons. The number of carbonyl (C=O) groups excluding carboxylic acids is 1. The van der Waals surface area contributed by atoms with Gasteiger partial charge in [0.15, 0.2) is 0 Å². The molecule has 0 unspecified atom stereocenters. The van der Waals surface area contributed by atoms with Crippen LogP contribution >= 0.6 is 11.8 Å². The Balaban J connectivity index is 2.79. The van der Waals surface area contributed by atoms with Crippen LogP contribution in [0.2, 0.25) is 0 Å². The number of nitrogens with one attached hydrogen (secondary N) is 1. The number of carbonyl (C=O) groups is 1. The van der Waals surface area contributed by atoms with Crippen molar-refractivity contribution in [3.8, 4) is 0 Å². The third kappa shape index (κ3) is 3.57. The molecule has 1 aromatic rings. The average molecular weight is 224 g/mol. The molecule has 15 heavy (non-hydrogen) atoms. The maximum absolute atomic E-state index is 11.4. The summed E-state index contributed by atoms with van der Waals surface area (Å²) in [6.45, 7) is 3.75. The highest BCUT2D eigenvalue weighted by Crippen LogP contribution is 2.26. The molecule has 0 saturated carbocycles. The zero-order valence-corrected chi connectivity index (χ0v) is 9.80. The first-order valence-corrected chi connectivity index (χ1v) is 5.92. The first-order valence-electron chi connectivity index (χ1n) is 4.93. The third-order valence-electron chi connectivity index (χ3n) is 1.86. The maximum Gasteiger partial charge on any atom is 0.241 e. The number of hydrogen-bond acceptors (Lipinski definition) is 3. The lowest BCUT2D eigenvalue weighted by molar-refractivity contribution is -0.117. The summed E-state index contributed by atoms with van der Waals surface area (Å²) >= 11 is 1.70. The van der Waals surface area contributed by atoms with Crippen LogP contribution in [0.15, 0.2) is 29.2 Å². The van der Waals surface area contributed by atoms with Crippen molar-refractivity contribution in [1.29, 1.82) is 0 Å². The number of para-hydroxylation sites is 1. The summed E-state index contributed by atoms with van der Waals surface area (Å²) in [7, 11) is 0. The molecule has 1 aromatic carbocycles. The molecular formula is C11H16N2OS. The van der Waals surface area contributed by atoms with Crippen molar-refractivity contribution in [2.24, 2.45) is 5.73 Å². The summed E-state index contributed by atoms with van der Waals surface area (Å²) in [6, 6.07) is 7.25. The van der Waals surface area contributed by atoms with E-state index in [4.69, 9.17) is 5.73 Å². The molecule has 1 atom stereocenters. The fourth-order valence-electron chi connectivity index (χ4n) is 1.10. The molecule has 0 bridgehead atoms. The highest BCUT2D eigenvalue weighted by molar-refractivity contribution is 7.99.